The zero-order valence-electron chi connectivity index (χ0n) is 13.2. The van der Waals surface area contributed by atoms with Crippen molar-refractivity contribution < 1.29 is 19.1 Å². The molecule has 22 heavy (non-hydrogen) atoms. The Balaban J connectivity index is 1.88. The molecule has 120 valence electrons. The Morgan fingerprint density at radius 2 is 2.05 bits per heavy atom. The maximum absolute atomic E-state index is 11.5. The zero-order valence-corrected chi connectivity index (χ0v) is 13.2. The molecule has 0 atom stereocenters. The van der Waals surface area contributed by atoms with Crippen LogP contribution in [0.15, 0.2) is 23.4 Å². The maximum Gasteiger partial charge on any atom is 0.260 e. The van der Waals surface area contributed by atoms with Gasteiger partial charge in [-0.15, -0.1) is 0 Å². The molecule has 0 fully saturated rings. The highest BCUT2D eigenvalue weighted by Gasteiger charge is 2.12. The first-order valence-electron chi connectivity index (χ1n) is 7.39. The van der Waals surface area contributed by atoms with Crippen molar-refractivity contribution in [2.24, 2.45) is 11.1 Å². The van der Waals surface area contributed by atoms with E-state index in [1.165, 1.54) is 0 Å². The predicted octanol–water partition coefficient (Wildman–Crippen LogP) is 1.97. The molecule has 0 radical (unpaired) electrons. The van der Waals surface area contributed by atoms with Gasteiger partial charge in [-0.1, -0.05) is 19.0 Å². The largest absolute Gasteiger partial charge is 0.486 e. The van der Waals surface area contributed by atoms with Crippen molar-refractivity contribution in [1.82, 2.24) is 5.32 Å². The second kappa shape index (κ2) is 7.68. The normalized spacial score (nSPS) is 13.9. The van der Waals surface area contributed by atoms with Crippen LogP contribution in [-0.2, 0) is 9.63 Å². The summed E-state index contributed by atoms with van der Waals surface area (Å²) in [6.07, 6.45) is 0. The number of hydrogen-bond acceptors (Lipinski definition) is 5. The summed E-state index contributed by atoms with van der Waals surface area (Å²) in [4.78, 5) is 16.6. The second-order valence-electron chi connectivity index (χ2n) is 5.51. The van der Waals surface area contributed by atoms with E-state index >= 15 is 0 Å². The van der Waals surface area contributed by atoms with Crippen molar-refractivity contribution >= 4 is 11.6 Å². The molecule has 0 saturated carbocycles. The van der Waals surface area contributed by atoms with Gasteiger partial charge in [0.05, 0.1) is 5.71 Å². The average molecular weight is 306 g/mol. The van der Waals surface area contributed by atoms with Gasteiger partial charge in [0.2, 0.25) is 0 Å². The number of fused-ring (bicyclic) bond motifs is 1. The summed E-state index contributed by atoms with van der Waals surface area (Å²) in [6.45, 7) is 7.53. The van der Waals surface area contributed by atoms with Crippen LogP contribution in [0.3, 0.4) is 0 Å². The lowest BCUT2D eigenvalue weighted by molar-refractivity contribution is -0.125. The molecule has 1 aromatic carbocycles. The smallest absolute Gasteiger partial charge is 0.260 e. The number of hydrogen-bond donors (Lipinski definition) is 1. The molecule has 0 bridgehead atoms. The number of nitrogens with one attached hydrogen (secondary N) is 1. The molecule has 1 aliphatic heterocycles. The Labute approximate surface area is 130 Å². The van der Waals surface area contributed by atoms with Crippen LogP contribution < -0.4 is 14.8 Å². The van der Waals surface area contributed by atoms with Crippen LogP contribution in [0.2, 0.25) is 0 Å². The van der Waals surface area contributed by atoms with Crippen molar-refractivity contribution in [2.75, 3.05) is 26.4 Å². The van der Waals surface area contributed by atoms with Crippen LogP contribution in [0.4, 0.5) is 0 Å². The van der Waals surface area contributed by atoms with E-state index in [4.69, 9.17) is 14.3 Å². The van der Waals surface area contributed by atoms with E-state index < -0.39 is 0 Å². The molecule has 6 heteroatoms. The standard InChI is InChI=1S/C16H22N2O4/c1-11(2)9-17-16(19)10-22-18-12(3)13-4-5-14-15(8-13)21-7-6-20-14/h4-5,8,11H,6-7,9-10H2,1-3H3,(H,17,19). The van der Waals surface area contributed by atoms with Gasteiger partial charge in [0.25, 0.3) is 5.91 Å². The molecule has 1 aromatic rings. The van der Waals surface area contributed by atoms with Crippen molar-refractivity contribution in [2.45, 2.75) is 20.8 Å². The van der Waals surface area contributed by atoms with Crippen molar-refractivity contribution in [3.05, 3.63) is 23.8 Å². The van der Waals surface area contributed by atoms with Gasteiger partial charge < -0.3 is 19.6 Å². The van der Waals surface area contributed by atoms with Crippen LogP contribution in [0.25, 0.3) is 0 Å². The van der Waals surface area contributed by atoms with Gasteiger partial charge in [-0.2, -0.15) is 0 Å². The van der Waals surface area contributed by atoms with Crippen LogP contribution in [-0.4, -0.2) is 38.0 Å². The lowest BCUT2D eigenvalue weighted by Gasteiger charge is -2.18. The molecule has 2 rings (SSSR count). The van der Waals surface area contributed by atoms with Crippen LogP contribution >= 0.6 is 0 Å². The highest BCUT2D eigenvalue weighted by molar-refractivity contribution is 5.99. The topological polar surface area (TPSA) is 69.2 Å². The SMILES string of the molecule is CC(=NOCC(=O)NCC(C)C)c1ccc2c(c1)OCCO2. The van der Waals surface area contributed by atoms with Gasteiger partial charge in [-0.05, 0) is 31.0 Å². The molecule has 0 spiro atoms. The summed E-state index contributed by atoms with van der Waals surface area (Å²) in [6, 6.07) is 5.59. The molecule has 1 heterocycles. The van der Waals surface area contributed by atoms with Crippen LogP contribution in [0.5, 0.6) is 11.5 Å². The molecule has 0 unspecified atom stereocenters. The highest BCUT2D eigenvalue weighted by Crippen LogP contribution is 2.30. The highest BCUT2D eigenvalue weighted by atomic mass is 16.6. The molecule has 0 aromatic heterocycles. The summed E-state index contributed by atoms with van der Waals surface area (Å²) in [5, 5.41) is 6.74. The molecule has 0 saturated heterocycles. The van der Waals surface area contributed by atoms with E-state index in [1.54, 1.807) is 0 Å². The third kappa shape index (κ3) is 4.65. The van der Waals surface area contributed by atoms with Crippen LogP contribution in [0.1, 0.15) is 26.3 Å². The van der Waals surface area contributed by atoms with Gasteiger partial charge >= 0.3 is 0 Å². The number of amides is 1. The summed E-state index contributed by atoms with van der Waals surface area (Å²) in [5.41, 5.74) is 1.54. The summed E-state index contributed by atoms with van der Waals surface area (Å²) < 4.78 is 11.0. The first kappa shape index (κ1) is 16.1. The van der Waals surface area contributed by atoms with Crippen molar-refractivity contribution in [3.8, 4) is 11.5 Å². The molecular formula is C16H22N2O4. The number of ether oxygens (including phenoxy) is 2. The molecule has 0 aliphatic carbocycles. The quantitative estimate of drug-likeness (QED) is 0.644. The average Bonchev–Trinajstić information content (AvgIpc) is 2.52. The fraction of sp³-hybridized carbons (Fsp3) is 0.500. The molecular weight excluding hydrogens is 284 g/mol. The molecule has 6 nitrogen and oxygen atoms in total. The molecule has 1 amide bonds. The Kier molecular flexibility index (Phi) is 5.63. The minimum Gasteiger partial charge on any atom is -0.486 e. The number of carbonyl (C=O) groups is 1. The van der Waals surface area contributed by atoms with Crippen LogP contribution in [0, 0.1) is 5.92 Å². The summed E-state index contributed by atoms with van der Waals surface area (Å²) in [5.74, 6) is 1.67. The maximum atomic E-state index is 11.5. The number of benzene rings is 1. The number of oxime groups is 1. The van der Waals surface area contributed by atoms with E-state index in [0.717, 1.165) is 11.3 Å². The Morgan fingerprint density at radius 3 is 2.77 bits per heavy atom. The second-order valence-corrected chi connectivity index (χ2v) is 5.51. The summed E-state index contributed by atoms with van der Waals surface area (Å²) in [7, 11) is 0. The Bertz CT molecular complexity index is 555. The monoisotopic (exact) mass is 306 g/mol. The number of carbonyl (C=O) groups excluding carboxylic acids is 1. The van der Waals surface area contributed by atoms with Gasteiger partial charge in [0.15, 0.2) is 18.1 Å². The lowest BCUT2D eigenvalue weighted by atomic mass is 10.1. The number of rotatable bonds is 6. The van der Waals surface area contributed by atoms with E-state index in [2.05, 4.69) is 10.5 Å². The lowest BCUT2D eigenvalue weighted by Crippen LogP contribution is -2.30. The Morgan fingerprint density at radius 1 is 1.32 bits per heavy atom. The fourth-order valence-electron chi connectivity index (χ4n) is 1.88. The summed E-state index contributed by atoms with van der Waals surface area (Å²) >= 11 is 0. The van der Waals surface area contributed by atoms with E-state index in [0.29, 0.717) is 37.1 Å². The molecule has 1 aliphatic rings. The van der Waals surface area contributed by atoms with Crippen molar-refractivity contribution in [3.63, 3.8) is 0 Å². The van der Waals surface area contributed by atoms with E-state index in [1.807, 2.05) is 39.0 Å². The third-order valence-electron chi connectivity index (χ3n) is 3.06. The minimum absolute atomic E-state index is 0.0887. The zero-order chi connectivity index (χ0) is 15.9. The number of nitrogens with zero attached hydrogens (tertiary/aromatic N) is 1. The van der Waals surface area contributed by atoms with Gasteiger partial charge in [0.1, 0.15) is 13.2 Å². The first-order chi connectivity index (χ1) is 10.6. The third-order valence-corrected chi connectivity index (χ3v) is 3.06. The fourth-order valence-corrected chi connectivity index (χ4v) is 1.88. The van der Waals surface area contributed by atoms with E-state index in [9.17, 15) is 4.79 Å². The first-order valence-corrected chi connectivity index (χ1v) is 7.39. The van der Waals surface area contributed by atoms with Gasteiger partial charge in [-0.3, -0.25) is 4.79 Å². The Hall–Kier alpha value is -2.24. The van der Waals surface area contributed by atoms with Gasteiger partial charge in [0, 0.05) is 12.1 Å². The van der Waals surface area contributed by atoms with E-state index in [-0.39, 0.29) is 12.5 Å². The van der Waals surface area contributed by atoms with Gasteiger partial charge in [-0.25, -0.2) is 0 Å². The molecule has 1 N–H and O–H groups in total. The van der Waals surface area contributed by atoms with Crippen molar-refractivity contribution in [1.29, 1.82) is 0 Å². The minimum atomic E-state index is -0.174. The predicted molar refractivity (Wildman–Crippen MR) is 83.4 cm³/mol.